The molecule has 3 amide bonds. The maximum atomic E-state index is 11.9. The minimum absolute atomic E-state index is 0.0838. The van der Waals surface area contributed by atoms with E-state index in [1.165, 1.54) is 16.9 Å². The van der Waals surface area contributed by atoms with Crippen LogP contribution < -0.4 is 4.74 Å². The minimum Gasteiger partial charge on any atom is -0.497 e. The fourth-order valence-electron chi connectivity index (χ4n) is 2.08. The highest BCUT2D eigenvalue weighted by molar-refractivity contribution is 6.01. The number of amides is 3. The van der Waals surface area contributed by atoms with E-state index in [9.17, 15) is 9.59 Å². The first-order valence-electron chi connectivity index (χ1n) is 6.39. The highest BCUT2D eigenvalue weighted by Gasteiger charge is 2.33. The molecular formula is C15H16N2O4. The van der Waals surface area contributed by atoms with Gasteiger partial charge in [-0.15, -0.1) is 0 Å². The second kappa shape index (κ2) is 6.29. The standard InChI is InChI=1S/C15H16N2O4/c1-16-10-14(19)17(15(16)20)9-12-8-13(21-2)6-5-11(12)4-3-7-18/h5-6,8,18H,7,9-10H2,1-2H3. The molecular weight excluding hydrogens is 272 g/mol. The van der Waals surface area contributed by atoms with E-state index in [1.54, 1.807) is 25.2 Å². The van der Waals surface area contributed by atoms with E-state index in [1.807, 2.05) is 0 Å². The molecule has 0 spiro atoms. The maximum absolute atomic E-state index is 11.9. The Morgan fingerprint density at radius 2 is 2.14 bits per heavy atom. The summed E-state index contributed by atoms with van der Waals surface area (Å²) in [4.78, 5) is 26.3. The van der Waals surface area contributed by atoms with Gasteiger partial charge in [0, 0.05) is 12.6 Å². The van der Waals surface area contributed by atoms with Crippen molar-refractivity contribution in [2.75, 3.05) is 27.3 Å². The second-order valence-corrected chi connectivity index (χ2v) is 4.60. The van der Waals surface area contributed by atoms with Gasteiger partial charge in [-0.05, 0) is 23.8 Å². The first-order chi connectivity index (χ1) is 10.1. The van der Waals surface area contributed by atoms with Gasteiger partial charge in [-0.2, -0.15) is 0 Å². The molecule has 1 fully saturated rings. The van der Waals surface area contributed by atoms with Gasteiger partial charge < -0.3 is 14.7 Å². The molecule has 0 aliphatic carbocycles. The Hall–Kier alpha value is -2.52. The van der Waals surface area contributed by atoms with E-state index in [-0.39, 0.29) is 31.6 Å². The largest absolute Gasteiger partial charge is 0.497 e. The average Bonchev–Trinajstić information content (AvgIpc) is 2.72. The van der Waals surface area contributed by atoms with Crippen molar-refractivity contribution in [3.05, 3.63) is 29.3 Å². The summed E-state index contributed by atoms with van der Waals surface area (Å²) in [6.07, 6.45) is 0. The molecule has 1 aliphatic heterocycles. The monoisotopic (exact) mass is 288 g/mol. The fraction of sp³-hybridized carbons (Fsp3) is 0.333. The van der Waals surface area contributed by atoms with Gasteiger partial charge in [-0.1, -0.05) is 11.8 Å². The number of imide groups is 1. The number of aliphatic hydroxyl groups excluding tert-OH is 1. The molecule has 0 atom stereocenters. The van der Waals surface area contributed by atoms with Gasteiger partial charge >= 0.3 is 6.03 Å². The van der Waals surface area contributed by atoms with Crippen LogP contribution in [0.5, 0.6) is 5.75 Å². The van der Waals surface area contributed by atoms with Gasteiger partial charge in [0.05, 0.1) is 13.7 Å². The summed E-state index contributed by atoms with van der Waals surface area (Å²) in [5.74, 6) is 5.75. The molecule has 1 heterocycles. The zero-order valence-electron chi connectivity index (χ0n) is 11.9. The number of hydrogen-bond acceptors (Lipinski definition) is 4. The lowest BCUT2D eigenvalue weighted by molar-refractivity contribution is -0.125. The molecule has 0 aromatic heterocycles. The molecule has 6 nitrogen and oxygen atoms in total. The summed E-state index contributed by atoms with van der Waals surface area (Å²) in [7, 11) is 3.12. The molecule has 0 bridgehead atoms. The molecule has 0 unspecified atom stereocenters. The zero-order chi connectivity index (χ0) is 15.4. The normalized spacial score (nSPS) is 14.2. The minimum atomic E-state index is -0.330. The Bertz CT molecular complexity index is 630. The third kappa shape index (κ3) is 3.15. The highest BCUT2D eigenvalue weighted by atomic mass is 16.5. The van der Waals surface area contributed by atoms with Crippen molar-refractivity contribution in [3.63, 3.8) is 0 Å². The Morgan fingerprint density at radius 3 is 2.71 bits per heavy atom. The van der Waals surface area contributed by atoms with Gasteiger partial charge in [0.15, 0.2) is 0 Å². The van der Waals surface area contributed by atoms with E-state index in [4.69, 9.17) is 9.84 Å². The second-order valence-electron chi connectivity index (χ2n) is 4.60. The molecule has 2 rings (SSSR count). The number of benzene rings is 1. The molecule has 1 aromatic rings. The fourth-order valence-corrected chi connectivity index (χ4v) is 2.08. The van der Waals surface area contributed by atoms with Crippen molar-refractivity contribution in [1.29, 1.82) is 0 Å². The lowest BCUT2D eigenvalue weighted by Crippen LogP contribution is -2.31. The quantitative estimate of drug-likeness (QED) is 0.647. The van der Waals surface area contributed by atoms with E-state index < -0.39 is 0 Å². The third-order valence-electron chi connectivity index (χ3n) is 3.17. The predicted molar refractivity (Wildman–Crippen MR) is 75.5 cm³/mol. The van der Waals surface area contributed by atoms with Crippen LogP contribution in [0.15, 0.2) is 18.2 Å². The summed E-state index contributed by atoms with van der Waals surface area (Å²) < 4.78 is 5.16. The summed E-state index contributed by atoms with van der Waals surface area (Å²) in [5, 5.41) is 8.80. The van der Waals surface area contributed by atoms with Crippen LogP contribution in [0.1, 0.15) is 11.1 Å². The SMILES string of the molecule is COc1ccc(C#CCO)c(CN2C(=O)CN(C)C2=O)c1. The number of rotatable bonds is 3. The number of methoxy groups -OCH3 is 1. The van der Waals surface area contributed by atoms with Crippen LogP contribution in [-0.2, 0) is 11.3 Å². The van der Waals surface area contributed by atoms with Crippen molar-refractivity contribution in [2.24, 2.45) is 0 Å². The van der Waals surface area contributed by atoms with Crippen molar-refractivity contribution in [1.82, 2.24) is 9.80 Å². The van der Waals surface area contributed by atoms with Crippen molar-refractivity contribution in [3.8, 4) is 17.6 Å². The summed E-state index contributed by atoms with van der Waals surface area (Å²) >= 11 is 0. The van der Waals surface area contributed by atoms with E-state index in [0.717, 1.165) is 0 Å². The maximum Gasteiger partial charge on any atom is 0.327 e. The summed E-state index contributed by atoms with van der Waals surface area (Å²) in [6, 6.07) is 4.89. The lowest BCUT2D eigenvalue weighted by atomic mass is 10.1. The number of nitrogens with zero attached hydrogens (tertiary/aromatic N) is 2. The molecule has 110 valence electrons. The van der Waals surface area contributed by atoms with Crippen LogP contribution in [-0.4, -0.2) is 54.2 Å². The van der Waals surface area contributed by atoms with Crippen LogP contribution in [0.2, 0.25) is 0 Å². The van der Waals surface area contributed by atoms with Gasteiger partial charge in [0.25, 0.3) is 5.91 Å². The van der Waals surface area contributed by atoms with Crippen LogP contribution in [0.3, 0.4) is 0 Å². The van der Waals surface area contributed by atoms with Gasteiger partial charge in [-0.3, -0.25) is 9.69 Å². The van der Waals surface area contributed by atoms with Crippen LogP contribution in [0.4, 0.5) is 4.79 Å². The Morgan fingerprint density at radius 1 is 1.38 bits per heavy atom. The highest BCUT2D eigenvalue weighted by Crippen LogP contribution is 2.21. The van der Waals surface area contributed by atoms with Crippen LogP contribution in [0, 0.1) is 11.8 Å². The molecule has 1 aliphatic rings. The topological polar surface area (TPSA) is 70.1 Å². The number of carbonyl (C=O) groups excluding carboxylic acids is 2. The number of carbonyl (C=O) groups is 2. The van der Waals surface area contributed by atoms with Crippen LogP contribution >= 0.6 is 0 Å². The number of ether oxygens (including phenoxy) is 1. The smallest absolute Gasteiger partial charge is 0.327 e. The van der Waals surface area contributed by atoms with Gasteiger partial charge in [0.1, 0.15) is 18.9 Å². The van der Waals surface area contributed by atoms with Crippen molar-refractivity contribution in [2.45, 2.75) is 6.54 Å². The van der Waals surface area contributed by atoms with E-state index in [0.29, 0.717) is 16.9 Å². The van der Waals surface area contributed by atoms with Gasteiger partial charge in [0.2, 0.25) is 0 Å². The number of hydrogen-bond donors (Lipinski definition) is 1. The number of likely N-dealkylation sites (N-methyl/N-ethyl adjacent to an activating group) is 1. The molecule has 21 heavy (non-hydrogen) atoms. The molecule has 6 heteroatoms. The Labute approximate surface area is 122 Å². The summed E-state index contributed by atoms with van der Waals surface area (Å²) in [6.45, 7) is -0.0368. The van der Waals surface area contributed by atoms with Crippen molar-refractivity contribution >= 4 is 11.9 Å². The summed E-state index contributed by atoms with van der Waals surface area (Å²) in [5.41, 5.74) is 1.35. The lowest BCUT2D eigenvalue weighted by Gasteiger charge is -2.16. The van der Waals surface area contributed by atoms with E-state index in [2.05, 4.69) is 11.8 Å². The number of aliphatic hydroxyl groups is 1. The zero-order valence-corrected chi connectivity index (χ0v) is 11.9. The predicted octanol–water partition coefficient (Wildman–Crippen LogP) is 0.433. The molecule has 1 aromatic carbocycles. The first kappa shape index (κ1) is 14.9. The van der Waals surface area contributed by atoms with E-state index >= 15 is 0 Å². The average molecular weight is 288 g/mol. The Kier molecular flexibility index (Phi) is 4.45. The Balaban J connectivity index is 2.33. The third-order valence-corrected chi connectivity index (χ3v) is 3.17. The van der Waals surface area contributed by atoms with Gasteiger partial charge in [-0.25, -0.2) is 4.79 Å². The molecule has 1 saturated heterocycles. The molecule has 1 N–H and O–H groups in total. The number of urea groups is 1. The molecule has 0 saturated carbocycles. The molecule has 0 radical (unpaired) electrons. The first-order valence-corrected chi connectivity index (χ1v) is 6.39. The van der Waals surface area contributed by atoms with Crippen molar-refractivity contribution < 1.29 is 19.4 Å². The van der Waals surface area contributed by atoms with Crippen LogP contribution in [0.25, 0.3) is 0 Å².